The molecule has 0 aromatic heterocycles. The van der Waals surface area contributed by atoms with Crippen LogP contribution < -0.4 is 10.1 Å². The molecule has 4 nitrogen and oxygen atoms in total. The lowest BCUT2D eigenvalue weighted by Gasteiger charge is -2.07. The van der Waals surface area contributed by atoms with E-state index in [2.05, 4.69) is 5.32 Å². The van der Waals surface area contributed by atoms with Crippen molar-refractivity contribution < 1.29 is 14.3 Å². The zero-order valence-corrected chi connectivity index (χ0v) is 13.0. The first kappa shape index (κ1) is 16.0. The van der Waals surface area contributed by atoms with Crippen LogP contribution >= 0.6 is 0 Å². The predicted octanol–water partition coefficient (Wildman–Crippen LogP) is 3.41. The Kier molecular flexibility index (Phi) is 5.98. The average molecular weight is 299 g/mol. The van der Waals surface area contributed by atoms with Gasteiger partial charge in [-0.25, -0.2) is 0 Å². The highest BCUT2D eigenvalue weighted by molar-refractivity contribution is 5.90. The maximum absolute atomic E-state index is 12.0. The number of carbonyl (C=O) groups is 1. The van der Waals surface area contributed by atoms with E-state index in [0.717, 1.165) is 22.6 Å². The molecule has 0 radical (unpaired) electrons. The highest BCUT2D eigenvalue weighted by Crippen LogP contribution is 2.14. The first-order valence-corrected chi connectivity index (χ1v) is 7.22. The maximum atomic E-state index is 12.0. The third-order valence-corrected chi connectivity index (χ3v) is 3.32. The summed E-state index contributed by atoms with van der Waals surface area (Å²) in [7, 11) is 3.29. The van der Waals surface area contributed by atoms with E-state index in [4.69, 9.17) is 9.47 Å². The van der Waals surface area contributed by atoms with Crippen molar-refractivity contribution in [3.63, 3.8) is 0 Å². The smallest absolute Gasteiger partial charge is 0.224 e. The molecule has 0 unspecified atom stereocenters. The molecule has 2 rings (SSSR count). The number of methoxy groups -OCH3 is 2. The van der Waals surface area contributed by atoms with Crippen molar-refractivity contribution in [2.45, 2.75) is 19.4 Å². The van der Waals surface area contributed by atoms with E-state index in [1.165, 1.54) is 0 Å². The molecular weight excluding hydrogens is 278 g/mol. The summed E-state index contributed by atoms with van der Waals surface area (Å²) in [6.45, 7) is 0.537. The molecule has 4 heteroatoms. The Balaban J connectivity index is 1.85. The number of aryl methyl sites for hydroxylation is 1. The van der Waals surface area contributed by atoms with Gasteiger partial charge in [0.15, 0.2) is 0 Å². The van der Waals surface area contributed by atoms with Gasteiger partial charge in [-0.3, -0.25) is 4.79 Å². The van der Waals surface area contributed by atoms with E-state index < -0.39 is 0 Å². The van der Waals surface area contributed by atoms with Gasteiger partial charge in [-0.15, -0.1) is 0 Å². The van der Waals surface area contributed by atoms with Crippen molar-refractivity contribution in [3.05, 3.63) is 59.7 Å². The van der Waals surface area contributed by atoms with E-state index in [1.807, 2.05) is 48.5 Å². The van der Waals surface area contributed by atoms with Crippen LogP contribution in [0.5, 0.6) is 5.75 Å². The van der Waals surface area contributed by atoms with Crippen molar-refractivity contribution >= 4 is 11.6 Å². The predicted molar refractivity (Wildman–Crippen MR) is 87.1 cm³/mol. The fourth-order valence-electron chi connectivity index (χ4n) is 2.18. The number of nitrogens with one attached hydrogen (secondary N) is 1. The molecule has 0 heterocycles. The second kappa shape index (κ2) is 8.20. The monoisotopic (exact) mass is 299 g/mol. The first-order valence-electron chi connectivity index (χ1n) is 7.22. The van der Waals surface area contributed by atoms with Crippen LogP contribution in [0.3, 0.4) is 0 Å². The van der Waals surface area contributed by atoms with E-state index in [9.17, 15) is 4.79 Å². The number of rotatable bonds is 7. The lowest BCUT2D eigenvalue weighted by atomic mass is 10.1. The van der Waals surface area contributed by atoms with Gasteiger partial charge >= 0.3 is 0 Å². The Morgan fingerprint density at radius 2 is 1.82 bits per heavy atom. The van der Waals surface area contributed by atoms with Gasteiger partial charge in [0.1, 0.15) is 5.75 Å². The van der Waals surface area contributed by atoms with Crippen LogP contribution in [0.15, 0.2) is 48.5 Å². The zero-order valence-electron chi connectivity index (χ0n) is 13.0. The van der Waals surface area contributed by atoms with Gasteiger partial charge in [0.25, 0.3) is 0 Å². The second-order valence-corrected chi connectivity index (χ2v) is 5.03. The van der Waals surface area contributed by atoms with E-state index in [1.54, 1.807) is 14.2 Å². The van der Waals surface area contributed by atoms with Crippen LogP contribution in [0.25, 0.3) is 0 Å². The minimum absolute atomic E-state index is 0.00499. The summed E-state index contributed by atoms with van der Waals surface area (Å²) >= 11 is 0. The summed E-state index contributed by atoms with van der Waals surface area (Å²) < 4.78 is 10.2. The van der Waals surface area contributed by atoms with Crippen molar-refractivity contribution in [2.75, 3.05) is 19.5 Å². The third-order valence-electron chi connectivity index (χ3n) is 3.32. The summed E-state index contributed by atoms with van der Waals surface area (Å²) in [6.07, 6.45) is 1.15. The first-order chi connectivity index (χ1) is 10.7. The largest absolute Gasteiger partial charge is 0.497 e. The number of hydrogen-bond acceptors (Lipinski definition) is 3. The van der Waals surface area contributed by atoms with Crippen LogP contribution in [0, 0.1) is 0 Å². The molecule has 0 aliphatic rings. The Hall–Kier alpha value is -2.33. The van der Waals surface area contributed by atoms with Gasteiger partial charge in [-0.05, 0) is 41.8 Å². The minimum atomic E-state index is 0.00499. The molecular formula is C18H21NO3. The number of amides is 1. The minimum Gasteiger partial charge on any atom is -0.497 e. The van der Waals surface area contributed by atoms with Gasteiger partial charge in [0.05, 0.1) is 13.7 Å². The third kappa shape index (κ3) is 4.90. The summed E-state index contributed by atoms with van der Waals surface area (Å²) in [5.41, 5.74) is 2.95. The Bertz CT molecular complexity index is 608. The van der Waals surface area contributed by atoms with Crippen LogP contribution in [0.1, 0.15) is 17.5 Å². The number of ether oxygens (including phenoxy) is 2. The van der Waals surface area contributed by atoms with Crippen molar-refractivity contribution in [2.24, 2.45) is 0 Å². The van der Waals surface area contributed by atoms with Gasteiger partial charge < -0.3 is 14.8 Å². The number of anilines is 1. The molecule has 0 saturated heterocycles. The summed E-state index contributed by atoms with van der Waals surface area (Å²) in [5, 5.41) is 2.91. The fourth-order valence-corrected chi connectivity index (χ4v) is 2.18. The topological polar surface area (TPSA) is 47.6 Å². The summed E-state index contributed by atoms with van der Waals surface area (Å²) in [4.78, 5) is 12.0. The van der Waals surface area contributed by atoms with Crippen LogP contribution in [-0.2, 0) is 22.6 Å². The Labute approximate surface area is 131 Å². The van der Waals surface area contributed by atoms with Crippen LogP contribution in [0.2, 0.25) is 0 Å². The van der Waals surface area contributed by atoms with Gasteiger partial charge in [0.2, 0.25) is 5.91 Å². The van der Waals surface area contributed by atoms with Crippen molar-refractivity contribution in [1.29, 1.82) is 0 Å². The Morgan fingerprint density at radius 3 is 2.50 bits per heavy atom. The van der Waals surface area contributed by atoms with Gasteiger partial charge in [0, 0.05) is 19.2 Å². The maximum Gasteiger partial charge on any atom is 0.224 e. The molecule has 0 spiro atoms. The van der Waals surface area contributed by atoms with E-state index in [0.29, 0.717) is 19.4 Å². The van der Waals surface area contributed by atoms with Crippen LogP contribution in [-0.4, -0.2) is 20.1 Å². The number of carbonyl (C=O) groups excluding carboxylic acids is 1. The summed E-state index contributed by atoms with van der Waals surface area (Å²) in [5.74, 6) is 0.827. The molecule has 116 valence electrons. The molecule has 2 aromatic rings. The summed E-state index contributed by atoms with van der Waals surface area (Å²) in [6, 6.07) is 15.4. The Morgan fingerprint density at radius 1 is 1.05 bits per heavy atom. The molecule has 0 saturated carbocycles. The SMILES string of the molecule is COCc1cccc(NC(=O)CCc2ccc(OC)cc2)c1. The average Bonchev–Trinajstić information content (AvgIpc) is 2.54. The highest BCUT2D eigenvalue weighted by atomic mass is 16.5. The molecule has 1 amide bonds. The van der Waals surface area contributed by atoms with E-state index in [-0.39, 0.29) is 5.91 Å². The lowest BCUT2D eigenvalue weighted by molar-refractivity contribution is -0.116. The van der Waals surface area contributed by atoms with Crippen LogP contribution in [0.4, 0.5) is 5.69 Å². The molecule has 0 aliphatic heterocycles. The molecule has 0 bridgehead atoms. The second-order valence-electron chi connectivity index (χ2n) is 5.03. The molecule has 2 aromatic carbocycles. The zero-order chi connectivity index (χ0) is 15.8. The quantitative estimate of drug-likeness (QED) is 0.852. The fraction of sp³-hybridized carbons (Fsp3) is 0.278. The van der Waals surface area contributed by atoms with Crippen molar-refractivity contribution in [1.82, 2.24) is 0 Å². The molecule has 0 atom stereocenters. The molecule has 22 heavy (non-hydrogen) atoms. The van der Waals surface area contributed by atoms with Gasteiger partial charge in [-0.2, -0.15) is 0 Å². The molecule has 0 fully saturated rings. The molecule has 0 aliphatic carbocycles. The van der Waals surface area contributed by atoms with Gasteiger partial charge in [-0.1, -0.05) is 24.3 Å². The standard InChI is InChI=1S/C18H21NO3/c1-21-13-15-4-3-5-16(12-15)19-18(20)11-8-14-6-9-17(22-2)10-7-14/h3-7,9-10,12H,8,11,13H2,1-2H3,(H,19,20). The lowest BCUT2D eigenvalue weighted by Crippen LogP contribution is -2.12. The molecule has 1 N–H and O–H groups in total. The highest BCUT2D eigenvalue weighted by Gasteiger charge is 2.04. The normalized spacial score (nSPS) is 10.3. The number of benzene rings is 2. The number of hydrogen-bond donors (Lipinski definition) is 1. The van der Waals surface area contributed by atoms with E-state index >= 15 is 0 Å². The van der Waals surface area contributed by atoms with Crippen molar-refractivity contribution in [3.8, 4) is 5.75 Å².